The van der Waals surface area contributed by atoms with E-state index in [-0.39, 0.29) is 12.8 Å². The Labute approximate surface area is 103 Å². The van der Waals surface area contributed by atoms with Crippen molar-refractivity contribution in [2.75, 3.05) is 6.61 Å². The molecule has 4 nitrogen and oxygen atoms in total. The summed E-state index contributed by atoms with van der Waals surface area (Å²) >= 11 is 0. The number of alkyl halides is 5. The molecule has 0 saturated heterocycles. The van der Waals surface area contributed by atoms with E-state index < -0.39 is 41.1 Å². The van der Waals surface area contributed by atoms with Crippen LogP contribution in [0.15, 0.2) is 6.20 Å². The maximum atomic E-state index is 12.6. The van der Waals surface area contributed by atoms with E-state index in [0.29, 0.717) is 0 Å². The summed E-state index contributed by atoms with van der Waals surface area (Å²) in [4.78, 5) is 14.3. The highest BCUT2D eigenvalue weighted by molar-refractivity contribution is 5.90. The third kappa shape index (κ3) is 3.09. The van der Waals surface area contributed by atoms with Crippen LogP contribution in [0, 0.1) is 0 Å². The Morgan fingerprint density at radius 3 is 2.47 bits per heavy atom. The molecule has 0 unspecified atom stereocenters. The molecular formula is C10H8F5NO3. The molecule has 0 aromatic carbocycles. The van der Waals surface area contributed by atoms with Gasteiger partial charge in [0.2, 0.25) is 0 Å². The van der Waals surface area contributed by atoms with Gasteiger partial charge >= 0.3 is 12.1 Å². The van der Waals surface area contributed by atoms with Gasteiger partial charge in [-0.05, 0) is 6.92 Å². The van der Waals surface area contributed by atoms with Gasteiger partial charge < -0.3 is 9.84 Å². The molecule has 0 amide bonds. The first-order valence-electron chi connectivity index (χ1n) is 4.94. The minimum atomic E-state index is -5.12. The van der Waals surface area contributed by atoms with Gasteiger partial charge in [-0.15, -0.1) is 0 Å². The zero-order valence-electron chi connectivity index (χ0n) is 9.46. The van der Waals surface area contributed by atoms with E-state index >= 15 is 0 Å². The molecule has 0 saturated carbocycles. The lowest BCUT2D eigenvalue weighted by Gasteiger charge is -2.14. The molecule has 0 spiro atoms. The van der Waals surface area contributed by atoms with Gasteiger partial charge in [0.25, 0.3) is 6.43 Å². The Bertz CT molecular complexity index is 487. The number of carbonyl (C=O) groups excluding carboxylic acids is 1. The first kappa shape index (κ1) is 15.1. The molecule has 0 aliphatic carbocycles. The van der Waals surface area contributed by atoms with Crippen LogP contribution >= 0.6 is 0 Å². The van der Waals surface area contributed by atoms with Crippen molar-refractivity contribution < 1.29 is 36.6 Å². The van der Waals surface area contributed by atoms with E-state index in [9.17, 15) is 31.9 Å². The van der Waals surface area contributed by atoms with Crippen LogP contribution in [0.5, 0.6) is 5.75 Å². The number of aromatic nitrogens is 1. The Kier molecular flexibility index (Phi) is 4.28. The minimum absolute atomic E-state index is 0.0630. The van der Waals surface area contributed by atoms with Gasteiger partial charge in [0, 0.05) is 6.20 Å². The van der Waals surface area contributed by atoms with E-state index in [1.54, 1.807) is 0 Å². The summed E-state index contributed by atoms with van der Waals surface area (Å²) < 4.78 is 67.0. The van der Waals surface area contributed by atoms with Crippen molar-refractivity contribution in [3.8, 4) is 5.75 Å². The number of hydrogen-bond donors (Lipinski definition) is 1. The third-order valence-electron chi connectivity index (χ3n) is 2.08. The summed E-state index contributed by atoms with van der Waals surface area (Å²) in [7, 11) is 0. The van der Waals surface area contributed by atoms with Gasteiger partial charge in [-0.25, -0.2) is 18.6 Å². The second-order valence-electron chi connectivity index (χ2n) is 3.30. The second kappa shape index (κ2) is 5.37. The van der Waals surface area contributed by atoms with Crippen LogP contribution in [-0.2, 0) is 10.9 Å². The van der Waals surface area contributed by atoms with E-state index in [1.807, 2.05) is 0 Å². The highest BCUT2D eigenvalue weighted by Gasteiger charge is 2.39. The average Bonchev–Trinajstić information content (AvgIpc) is 2.26. The molecule has 9 heteroatoms. The standard InChI is InChI=1S/C10H8F5NO3/c1-2-19-9(18)6-7(17)5(8(11)12)4(3-16-6)10(13,14)15/h3,8,17H,2H2,1H3. The molecule has 1 rings (SSSR count). The van der Waals surface area contributed by atoms with Crippen LogP contribution in [0.1, 0.15) is 35.0 Å². The van der Waals surface area contributed by atoms with Crippen molar-refractivity contribution in [2.24, 2.45) is 0 Å². The molecule has 0 aliphatic heterocycles. The number of hydrogen-bond acceptors (Lipinski definition) is 4. The van der Waals surface area contributed by atoms with E-state index in [4.69, 9.17) is 0 Å². The maximum Gasteiger partial charge on any atom is 0.418 e. The van der Waals surface area contributed by atoms with Crippen LogP contribution in [-0.4, -0.2) is 22.7 Å². The van der Waals surface area contributed by atoms with Crippen LogP contribution in [0.3, 0.4) is 0 Å². The maximum absolute atomic E-state index is 12.6. The lowest BCUT2D eigenvalue weighted by atomic mass is 10.1. The molecule has 0 atom stereocenters. The third-order valence-corrected chi connectivity index (χ3v) is 2.08. The van der Waals surface area contributed by atoms with Crippen molar-refractivity contribution >= 4 is 5.97 Å². The molecule has 0 aliphatic rings. The molecule has 0 fully saturated rings. The van der Waals surface area contributed by atoms with Gasteiger partial charge in [-0.2, -0.15) is 13.2 Å². The molecule has 0 radical (unpaired) electrons. The van der Waals surface area contributed by atoms with E-state index in [2.05, 4.69) is 9.72 Å². The summed E-state index contributed by atoms with van der Waals surface area (Å²) in [6, 6.07) is 0. The number of halogens is 5. The van der Waals surface area contributed by atoms with Crippen LogP contribution in [0.4, 0.5) is 22.0 Å². The van der Waals surface area contributed by atoms with Crippen LogP contribution in [0.25, 0.3) is 0 Å². The summed E-state index contributed by atoms with van der Waals surface area (Å²) in [5, 5.41) is 9.36. The number of esters is 1. The van der Waals surface area contributed by atoms with Crippen molar-refractivity contribution in [1.29, 1.82) is 0 Å². The summed E-state index contributed by atoms with van der Waals surface area (Å²) in [6.45, 7) is 1.25. The molecule has 19 heavy (non-hydrogen) atoms. The fraction of sp³-hybridized carbons (Fsp3) is 0.400. The highest BCUT2D eigenvalue weighted by atomic mass is 19.4. The first-order valence-corrected chi connectivity index (χ1v) is 4.94. The van der Waals surface area contributed by atoms with Gasteiger partial charge in [0.1, 0.15) is 0 Å². The number of carbonyl (C=O) groups is 1. The van der Waals surface area contributed by atoms with Gasteiger partial charge in [0.15, 0.2) is 11.4 Å². The SMILES string of the molecule is CCOC(=O)c1ncc(C(F)(F)F)c(C(F)F)c1O. The predicted octanol–water partition coefficient (Wildman–Crippen LogP) is 2.92. The topological polar surface area (TPSA) is 59.4 Å². The zero-order valence-corrected chi connectivity index (χ0v) is 9.46. The number of ether oxygens (including phenoxy) is 1. The van der Waals surface area contributed by atoms with Crippen molar-refractivity contribution in [3.63, 3.8) is 0 Å². The minimum Gasteiger partial charge on any atom is -0.505 e. The van der Waals surface area contributed by atoms with E-state index in [0.717, 1.165) is 0 Å². The predicted molar refractivity (Wildman–Crippen MR) is 51.8 cm³/mol. The van der Waals surface area contributed by atoms with Gasteiger partial charge in [-0.3, -0.25) is 0 Å². The van der Waals surface area contributed by atoms with Gasteiger partial charge in [-0.1, -0.05) is 0 Å². The number of nitrogens with zero attached hydrogens (tertiary/aromatic N) is 1. The Balaban J connectivity index is 3.44. The summed E-state index contributed by atoms with van der Waals surface area (Å²) in [6.07, 6.45) is -8.68. The Morgan fingerprint density at radius 2 is 2.05 bits per heavy atom. The lowest BCUT2D eigenvalue weighted by molar-refractivity contribution is -0.140. The quantitative estimate of drug-likeness (QED) is 0.685. The number of rotatable bonds is 3. The molecular weight excluding hydrogens is 277 g/mol. The highest BCUT2D eigenvalue weighted by Crippen LogP contribution is 2.41. The molecule has 1 aromatic heterocycles. The van der Waals surface area contributed by atoms with Gasteiger partial charge in [0.05, 0.1) is 17.7 Å². The van der Waals surface area contributed by atoms with Crippen molar-refractivity contribution in [2.45, 2.75) is 19.5 Å². The Morgan fingerprint density at radius 1 is 1.47 bits per heavy atom. The smallest absolute Gasteiger partial charge is 0.418 e. The number of pyridine rings is 1. The van der Waals surface area contributed by atoms with Crippen molar-refractivity contribution in [1.82, 2.24) is 4.98 Å². The molecule has 1 aromatic rings. The van der Waals surface area contributed by atoms with Crippen molar-refractivity contribution in [3.05, 3.63) is 23.0 Å². The van der Waals surface area contributed by atoms with Crippen LogP contribution < -0.4 is 0 Å². The zero-order chi connectivity index (χ0) is 14.8. The van der Waals surface area contributed by atoms with E-state index in [1.165, 1.54) is 6.92 Å². The fourth-order valence-corrected chi connectivity index (χ4v) is 1.31. The second-order valence-corrected chi connectivity index (χ2v) is 3.30. The molecule has 1 heterocycles. The largest absolute Gasteiger partial charge is 0.505 e. The lowest BCUT2D eigenvalue weighted by Crippen LogP contribution is -2.15. The molecule has 1 N–H and O–H groups in total. The monoisotopic (exact) mass is 285 g/mol. The molecule has 0 bridgehead atoms. The number of aromatic hydroxyl groups is 1. The summed E-state index contributed by atoms with van der Waals surface area (Å²) in [5.74, 6) is -2.81. The normalized spacial score (nSPS) is 11.7. The average molecular weight is 285 g/mol. The molecule has 106 valence electrons. The van der Waals surface area contributed by atoms with Crippen LogP contribution in [0.2, 0.25) is 0 Å². The Hall–Kier alpha value is -1.93. The summed E-state index contributed by atoms with van der Waals surface area (Å²) in [5.41, 5.74) is -4.47. The fourth-order valence-electron chi connectivity index (χ4n) is 1.31. The first-order chi connectivity index (χ1) is 8.70.